The lowest BCUT2D eigenvalue weighted by atomic mass is 10.1. The maximum atomic E-state index is 11.5. The quantitative estimate of drug-likeness (QED) is 0.926. The zero-order chi connectivity index (χ0) is 14.9. The average molecular weight is 307 g/mol. The van der Waals surface area contributed by atoms with Crippen molar-refractivity contribution in [2.24, 2.45) is 0 Å². The van der Waals surface area contributed by atoms with Crippen molar-refractivity contribution < 1.29 is 8.42 Å². The van der Waals surface area contributed by atoms with Gasteiger partial charge >= 0.3 is 0 Å². The topological polar surface area (TPSA) is 56.4 Å². The number of H-pyrrole nitrogens is 1. The molecule has 1 aromatic carbocycles. The molecule has 1 aliphatic heterocycles. The Morgan fingerprint density at radius 3 is 2.57 bits per heavy atom. The Labute approximate surface area is 125 Å². The first-order chi connectivity index (χ1) is 10.0. The van der Waals surface area contributed by atoms with Gasteiger partial charge in [-0.2, -0.15) is 4.31 Å². The summed E-state index contributed by atoms with van der Waals surface area (Å²) in [6.07, 6.45) is 4.36. The number of nitrogens with zero attached hydrogens (tertiary/aromatic N) is 2. The summed E-state index contributed by atoms with van der Waals surface area (Å²) in [5.74, 6) is 0. The van der Waals surface area contributed by atoms with Crippen LogP contribution in [0.4, 0.5) is 0 Å². The fourth-order valence-corrected chi connectivity index (χ4v) is 3.73. The molecule has 1 fully saturated rings. The molecule has 1 aromatic heterocycles. The normalized spacial score (nSPS) is 18.3. The van der Waals surface area contributed by atoms with Crippen LogP contribution in [0.25, 0.3) is 10.9 Å². The molecule has 6 heteroatoms. The number of aromatic nitrogens is 1. The number of piperazine rings is 1. The Morgan fingerprint density at radius 2 is 1.86 bits per heavy atom. The summed E-state index contributed by atoms with van der Waals surface area (Å²) in [6.45, 7) is 3.81. The van der Waals surface area contributed by atoms with E-state index in [-0.39, 0.29) is 0 Å². The molecule has 0 atom stereocenters. The number of sulfonamides is 1. The van der Waals surface area contributed by atoms with E-state index in [1.54, 1.807) is 4.31 Å². The minimum atomic E-state index is -3.03. The van der Waals surface area contributed by atoms with Crippen LogP contribution in [0.2, 0.25) is 0 Å². The predicted molar refractivity (Wildman–Crippen MR) is 84.9 cm³/mol. The van der Waals surface area contributed by atoms with E-state index in [1.165, 1.54) is 22.7 Å². The molecule has 0 aliphatic carbocycles. The Morgan fingerprint density at radius 1 is 1.14 bits per heavy atom. The maximum Gasteiger partial charge on any atom is 0.211 e. The van der Waals surface area contributed by atoms with E-state index in [2.05, 4.69) is 34.3 Å². The van der Waals surface area contributed by atoms with Crippen molar-refractivity contribution in [2.45, 2.75) is 6.42 Å². The summed E-state index contributed by atoms with van der Waals surface area (Å²) >= 11 is 0. The number of fused-ring (bicyclic) bond motifs is 1. The molecular weight excluding hydrogens is 286 g/mol. The standard InChI is InChI=1S/C15H21N3O2S/c1-21(19,20)18-10-8-17(9-11-18)7-6-13-12-16-15-5-3-2-4-14(13)15/h2-5,12,16H,6-11H2,1H3. The van der Waals surface area contributed by atoms with E-state index in [0.717, 1.165) is 26.1 Å². The van der Waals surface area contributed by atoms with Gasteiger partial charge in [0.2, 0.25) is 10.0 Å². The van der Waals surface area contributed by atoms with Gasteiger partial charge in [0.1, 0.15) is 0 Å². The monoisotopic (exact) mass is 307 g/mol. The van der Waals surface area contributed by atoms with Gasteiger partial charge in [0.25, 0.3) is 0 Å². The Bertz CT molecular complexity index is 715. The molecule has 5 nitrogen and oxygen atoms in total. The Kier molecular flexibility index (Phi) is 4.01. The molecular formula is C15H21N3O2S. The van der Waals surface area contributed by atoms with Gasteiger partial charge < -0.3 is 9.88 Å². The maximum absolute atomic E-state index is 11.5. The number of benzene rings is 1. The van der Waals surface area contributed by atoms with Crippen molar-refractivity contribution in [1.82, 2.24) is 14.2 Å². The molecule has 0 amide bonds. The van der Waals surface area contributed by atoms with Gasteiger partial charge in [0, 0.05) is 49.8 Å². The molecule has 1 aliphatic rings. The van der Waals surface area contributed by atoms with Crippen molar-refractivity contribution in [3.05, 3.63) is 36.0 Å². The van der Waals surface area contributed by atoms with E-state index in [4.69, 9.17) is 0 Å². The molecule has 0 radical (unpaired) electrons. The molecule has 1 N–H and O–H groups in total. The van der Waals surface area contributed by atoms with E-state index in [1.807, 2.05) is 6.07 Å². The van der Waals surface area contributed by atoms with Crippen LogP contribution in [-0.4, -0.2) is 61.6 Å². The highest BCUT2D eigenvalue weighted by Crippen LogP contribution is 2.18. The lowest BCUT2D eigenvalue weighted by Gasteiger charge is -2.33. The number of hydrogen-bond acceptors (Lipinski definition) is 3. The van der Waals surface area contributed by atoms with Crippen LogP contribution in [0.5, 0.6) is 0 Å². The van der Waals surface area contributed by atoms with Crippen molar-refractivity contribution in [3.8, 4) is 0 Å². The minimum absolute atomic E-state index is 0.604. The zero-order valence-electron chi connectivity index (χ0n) is 12.2. The fourth-order valence-electron chi connectivity index (χ4n) is 2.90. The third kappa shape index (κ3) is 3.28. The highest BCUT2D eigenvalue weighted by atomic mass is 32.2. The first-order valence-electron chi connectivity index (χ1n) is 7.26. The summed E-state index contributed by atoms with van der Waals surface area (Å²) in [7, 11) is -3.03. The summed E-state index contributed by atoms with van der Waals surface area (Å²) in [5, 5.41) is 1.28. The average Bonchev–Trinajstić information content (AvgIpc) is 2.88. The largest absolute Gasteiger partial charge is 0.361 e. The second-order valence-corrected chi connectivity index (χ2v) is 7.60. The number of hydrogen-bond donors (Lipinski definition) is 1. The van der Waals surface area contributed by atoms with Crippen LogP contribution in [0.1, 0.15) is 5.56 Å². The highest BCUT2D eigenvalue weighted by Gasteiger charge is 2.23. The predicted octanol–water partition coefficient (Wildman–Crippen LogP) is 1.29. The van der Waals surface area contributed by atoms with Crippen LogP contribution in [-0.2, 0) is 16.4 Å². The van der Waals surface area contributed by atoms with Gasteiger partial charge in [0.15, 0.2) is 0 Å². The summed E-state index contributed by atoms with van der Waals surface area (Å²) in [6, 6.07) is 8.32. The number of aromatic amines is 1. The van der Waals surface area contributed by atoms with Crippen LogP contribution in [0.3, 0.4) is 0 Å². The van der Waals surface area contributed by atoms with Gasteiger partial charge in [0.05, 0.1) is 6.26 Å². The smallest absolute Gasteiger partial charge is 0.211 e. The molecule has 114 valence electrons. The lowest BCUT2D eigenvalue weighted by Crippen LogP contribution is -2.48. The van der Waals surface area contributed by atoms with Crippen molar-refractivity contribution in [2.75, 3.05) is 39.0 Å². The highest BCUT2D eigenvalue weighted by molar-refractivity contribution is 7.88. The Balaban J connectivity index is 1.57. The summed E-state index contributed by atoms with van der Waals surface area (Å²) < 4.78 is 24.5. The summed E-state index contributed by atoms with van der Waals surface area (Å²) in [5.41, 5.74) is 2.51. The van der Waals surface area contributed by atoms with Crippen LogP contribution >= 0.6 is 0 Å². The summed E-state index contributed by atoms with van der Waals surface area (Å²) in [4.78, 5) is 5.63. The van der Waals surface area contributed by atoms with E-state index >= 15 is 0 Å². The van der Waals surface area contributed by atoms with Gasteiger partial charge in [-0.05, 0) is 18.1 Å². The molecule has 2 aromatic rings. The molecule has 3 rings (SSSR count). The van der Waals surface area contributed by atoms with Gasteiger partial charge in [-0.15, -0.1) is 0 Å². The number of para-hydroxylation sites is 1. The zero-order valence-corrected chi connectivity index (χ0v) is 13.1. The first kappa shape index (κ1) is 14.6. The molecule has 0 saturated carbocycles. The lowest BCUT2D eigenvalue weighted by molar-refractivity contribution is 0.191. The third-order valence-corrected chi connectivity index (χ3v) is 5.48. The second-order valence-electron chi connectivity index (χ2n) is 5.61. The van der Waals surface area contributed by atoms with Crippen LogP contribution in [0.15, 0.2) is 30.5 Å². The molecule has 21 heavy (non-hydrogen) atoms. The van der Waals surface area contributed by atoms with Crippen LogP contribution < -0.4 is 0 Å². The minimum Gasteiger partial charge on any atom is -0.361 e. The SMILES string of the molecule is CS(=O)(=O)N1CCN(CCc2c[nH]c3ccccc23)CC1. The number of nitrogens with one attached hydrogen (secondary N) is 1. The van der Waals surface area contributed by atoms with Gasteiger partial charge in [-0.1, -0.05) is 18.2 Å². The van der Waals surface area contributed by atoms with Gasteiger partial charge in [-0.3, -0.25) is 0 Å². The van der Waals surface area contributed by atoms with E-state index in [9.17, 15) is 8.42 Å². The third-order valence-electron chi connectivity index (χ3n) is 4.17. The molecule has 0 spiro atoms. The first-order valence-corrected chi connectivity index (χ1v) is 9.11. The van der Waals surface area contributed by atoms with Crippen molar-refractivity contribution in [1.29, 1.82) is 0 Å². The van der Waals surface area contributed by atoms with Crippen LogP contribution in [0, 0.1) is 0 Å². The molecule has 0 bridgehead atoms. The van der Waals surface area contributed by atoms with E-state index in [0.29, 0.717) is 13.1 Å². The number of rotatable bonds is 4. The van der Waals surface area contributed by atoms with E-state index < -0.39 is 10.0 Å². The molecule has 2 heterocycles. The Hall–Kier alpha value is -1.37. The fraction of sp³-hybridized carbons (Fsp3) is 0.467. The molecule has 0 unspecified atom stereocenters. The molecule has 1 saturated heterocycles. The van der Waals surface area contributed by atoms with Crippen molar-refractivity contribution >= 4 is 20.9 Å². The second kappa shape index (κ2) is 5.79. The van der Waals surface area contributed by atoms with Gasteiger partial charge in [-0.25, -0.2) is 8.42 Å². The van der Waals surface area contributed by atoms with Crippen molar-refractivity contribution in [3.63, 3.8) is 0 Å².